The number of nitro groups is 1. The summed E-state index contributed by atoms with van der Waals surface area (Å²) in [5.41, 5.74) is 0.330. The first-order valence-electron chi connectivity index (χ1n) is 5.28. The van der Waals surface area contributed by atoms with Crippen LogP contribution in [0.15, 0.2) is 18.2 Å². The zero-order valence-corrected chi connectivity index (χ0v) is 10.2. The van der Waals surface area contributed by atoms with Gasteiger partial charge in [-0.05, 0) is 19.1 Å². The molecule has 17 heavy (non-hydrogen) atoms. The first kappa shape index (κ1) is 12.3. The largest absolute Gasteiger partial charge is 0.368 e. The second kappa shape index (κ2) is 4.60. The molecule has 1 aliphatic rings. The fourth-order valence-electron chi connectivity index (χ4n) is 1.68. The van der Waals surface area contributed by atoms with Gasteiger partial charge >= 0.3 is 0 Å². The Balaban J connectivity index is 2.13. The number of hydrogen-bond donors (Lipinski definition) is 1. The number of nitrogens with one attached hydrogen (secondary N) is 1. The van der Waals surface area contributed by atoms with Crippen molar-refractivity contribution < 1.29 is 9.66 Å². The highest BCUT2D eigenvalue weighted by molar-refractivity contribution is 6.30. The first-order valence-corrected chi connectivity index (χ1v) is 5.65. The lowest BCUT2D eigenvalue weighted by molar-refractivity contribution is -0.386. The molecule has 0 amide bonds. The molecule has 0 unspecified atom stereocenters. The Bertz CT molecular complexity index is 446. The predicted octanol–water partition coefficient (Wildman–Crippen LogP) is 2.13. The Morgan fingerprint density at radius 2 is 2.29 bits per heavy atom. The molecule has 0 aliphatic carbocycles. The van der Waals surface area contributed by atoms with Crippen molar-refractivity contribution in [1.29, 1.82) is 0 Å². The number of benzene rings is 1. The number of nitro benzene ring substituents is 1. The molecular formula is C11H13ClN2O3. The van der Waals surface area contributed by atoms with Crippen molar-refractivity contribution in [1.82, 2.24) is 5.32 Å². The van der Waals surface area contributed by atoms with Crippen LogP contribution in [0.4, 0.5) is 5.69 Å². The van der Waals surface area contributed by atoms with Crippen molar-refractivity contribution in [2.45, 2.75) is 19.1 Å². The van der Waals surface area contributed by atoms with Gasteiger partial charge in [-0.25, -0.2) is 0 Å². The summed E-state index contributed by atoms with van der Waals surface area (Å²) in [7, 11) is 0. The number of halogens is 1. The van der Waals surface area contributed by atoms with Crippen molar-refractivity contribution in [3.05, 3.63) is 38.9 Å². The standard InChI is InChI=1S/C11H13ClN2O3/c1-11(6-13-7-11)17-5-8-4-9(12)2-3-10(8)14(15)16/h2-4,13H,5-7H2,1H3. The third-order valence-electron chi connectivity index (χ3n) is 2.81. The van der Waals surface area contributed by atoms with Crippen molar-refractivity contribution in [2.24, 2.45) is 0 Å². The molecular weight excluding hydrogens is 244 g/mol. The summed E-state index contributed by atoms with van der Waals surface area (Å²) in [5, 5.41) is 14.4. The molecule has 92 valence electrons. The minimum atomic E-state index is -0.420. The van der Waals surface area contributed by atoms with Crippen LogP contribution in [-0.2, 0) is 11.3 Å². The van der Waals surface area contributed by atoms with E-state index in [4.69, 9.17) is 16.3 Å². The molecule has 0 bridgehead atoms. The summed E-state index contributed by atoms with van der Waals surface area (Å²) in [4.78, 5) is 10.4. The van der Waals surface area contributed by atoms with E-state index in [9.17, 15) is 10.1 Å². The molecule has 1 aromatic rings. The third kappa shape index (κ3) is 2.74. The van der Waals surface area contributed by atoms with E-state index in [0.29, 0.717) is 10.6 Å². The Labute approximate surface area is 104 Å². The van der Waals surface area contributed by atoms with Crippen LogP contribution in [0, 0.1) is 10.1 Å². The summed E-state index contributed by atoms with van der Waals surface area (Å²) >= 11 is 5.83. The van der Waals surface area contributed by atoms with Gasteiger partial charge < -0.3 is 10.1 Å². The van der Waals surface area contributed by atoms with E-state index < -0.39 is 4.92 Å². The Morgan fingerprint density at radius 3 is 2.82 bits per heavy atom. The highest BCUT2D eigenvalue weighted by atomic mass is 35.5. The van der Waals surface area contributed by atoms with E-state index in [2.05, 4.69) is 5.32 Å². The van der Waals surface area contributed by atoms with Gasteiger partial charge in [0.2, 0.25) is 0 Å². The van der Waals surface area contributed by atoms with Crippen molar-refractivity contribution in [2.75, 3.05) is 13.1 Å². The van der Waals surface area contributed by atoms with Crippen molar-refractivity contribution >= 4 is 17.3 Å². The molecule has 6 heteroatoms. The smallest absolute Gasteiger partial charge is 0.275 e. The second-order valence-corrected chi connectivity index (χ2v) is 4.81. The van der Waals surface area contributed by atoms with Gasteiger partial charge in [0.1, 0.15) is 0 Å². The predicted molar refractivity (Wildman–Crippen MR) is 64.2 cm³/mol. The Morgan fingerprint density at radius 1 is 1.59 bits per heavy atom. The molecule has 1 N–H and O–H groups in total. The second-order valence-electron chi connectivity index (χ2n) is 4.37. The maximum absolute atomic E-state index is 10.8. The molecule has 0 radical (unpaired) electrons. The van der Waals surface area contributed by atoms with Gasteiger partial charge in [0, 0.05) is 24.2 Å². The average Bonchev–Trinajstić information content (AvgIpc) is 2.23. The molecule has 1 heterocycles. The average molecular weight is 257 g/mol. The summed E-state index contributed by atoms with van der Waals surface area (Å²) in [6.45, 7) is 3.71. The third-order valence-corrected chi connectivity index (χ3v) is 3.05. The minimum absolute atomic E-state index is 0.0466. The number of ether oxygens (including phenoxy) is 1. The lowest BCUT2D eigenvalue weighted by Gasteiger charge is -2.39. The van der Waals surface area contributed by atoms with Gasteiger partial charge in [-0.15, -0.1) is 0 Å². The number of hydrogen-bond acceptors (Lipinski definition) is 4. The molecule has 2 rings (SSSR count). The highest BCUT2D eigenvalue weighted by Crippen LogP contribution is 2.26. The van der Waals surface area contributed by atoms with E-state index in [1.54, 1.807) is 6.07 Å². The quantitative estimate of drug-likeness (QED) is 0.662. The van der Waals surface area contributed by atoms with Crippen LogP contribution in [-0.4, -0.2) is 23.6 Å². The van der Waals surface area contributed by atoms with Gasteiger partial charge in [-0.1, -0.05) is 11.6 Å². The van der Waals surface area contributed by atoms with Crippen LogP contribution in [0.3, 0.4) is 0 Å². The van der Waals surface area contributed by atoms with E-state index in [-0.39, 0.29) is 17.9 Å². The summed E-state index contributed by atoms with van der Waals surface area (Å²) in [5.74, 6) is 0. The molecule has 0 aromatic heterocycles. The number of nitrogens with zero attached hydrogens (tertiary/aromatic N) is 1. The summed E-state index contributed by atoms with van der Waals surface area (Å²) in [6, 6.07) is 4.49. The van der Waals surface area contributed by atoms with Crippen LogP contribution in [0.5, 0.6) is 0 Å². The molecule has 5 nitrogen and oxygen atoms in total. The fourth-order valence-corrected chi connectivity index (χ4v) is 1.87. The maximum atomic E-state index is 10.8. The molecule has 0 spiro atoms. The molecule has 0 atom stereocenters. The topological polar surface area (TPSA) is 64.4 Å². The van der Waals surface area contributed by atoms with Gasteiger partial charge in [0.05, 0.1) is 22.7 Å². The Kier molecular flexibility index (Phi) is 3.33. The normalized spacial score (nSPS) is 17.5. The van der Waals surface area contributed by atoms with Gasteiger partial charge in [0.15, 0.2) is 0 Å². The van der Waals surface area contributed by atoms with Crippen LogP contribution < -0.4 is 5.32 Å². The molecule has 1 aromatic carbocycles. The van der Waals surface area contributed by atoms with Gasteiger partial charge in [-0.2, -0.15) is 0 Å². The zero-order chi connectivity index (χ0) is 12.5. The van der Waals surface area contributed by atoms with E-state index in [0.717, 1.165) is 13.1 Å². The molecule has 1 aliphatic heterocycles. The van der Waals surface area contributed by atoms with Crippen LogP contribution in [0.1, 0.15) is 12.5 Å². The van der Waals surface area contributed by atoms with E-state index in [1.165, 1.54) is 12.1 Å². The van der Waals surface area contributed by atoms with Crippen molar-refractivity contribution in [3.8, 4) is 0 Å². The molecule has 1 saturated heterocycles. The monoisotopic (exact) mass is 256 g/mol. The molecule has 0 saturated carbocycles. The van der Waals surface area contributed by atoms with E-state index in [1.807, 2.05) is 6.92 Å². The fraction of sp³-hybridized carbons (Fsp3) is 0.455. The number of rotatable bonds is 4. The van der Waals surface area contributed by atoms with Crippen LogP contribution in [0.2, 0.25) is 5.02 Å². The van der Waals surface area contributed by atoms with Gasteiger partial charge in [-0.3, -0.25) is 10.1 Å². The minimum Gasteiger partial charge on any atom is -0.368 e. The summed E-state index contributed by atoms with van der Waals surface area (Å²) < 4.78 is 5.67. The lowest BCUT2D eigenvalue weighted by Crippen LogP contribution is -2.58. The first-order chi connectivity index (χ1) is 8.00. The van der Waals surface area contributed by atoms with E-state index >= 15 is 0 Å². The highest BCUT2D eigenvalue weighted by Gasteiger charge is 2.33. The maximum Gasteiger partial charge on any atom is 0.275 e. The lowest BCUT2D eigenvalue weighted by atomic mass is 10.00. The van der Waals surface area contributed by atoms with Crippen LogP contribution in [0.25, 0.3) is 0 Å². The summed E-state index contributed by atoms with van der Waals surface area (Å²) in [6.07, 6.45) is 0. The Hall–Kier alpha value is -1.17. The van der Waals surface area contributed by atoms with Gasteiger partial charge in [0.25, 0.3) is 5.69 Å². The zero-order valence-electron chi connectivity index (χ0n) is 9.40. The van der Waals surface area contributed by atoms with Crippen molar-refractivity contribution in [3.63, 3.8) is 0 Å². The molecule has 1 fully saturated rings. The van der Waals surface area contributed by atoms with Crippen LogP contribution >= 0.6 is 11.6 Å². The SMILES string of the molecule is CC1(OCc2cc(Cl)ccc2[N+](=O)[O-])CNC1.